The molecule has 0 saturated carbocycles. The summed E-state index contributed by atoms with van der Waals surface area (Å²) >= 11 is 0. The number of benzene rings is 1. The lowest BCUT2D eigenvalue weighted by atomic mass is 9.92. The second-order valence-electron chi connectivity index (χ2n) is 5.06. The third-order valence-electron chi connectivity index (χ3n) is 3.30. The molecular formula is C15H25NO2. The van der Waals surface area contributed by atoms with E-state index in [4.69, 9.17) is 4.74 Å². The quantitative estimate of drug-likeness (QED) is 0.807. The summed E-state index contributed by atoms with van der Waals surface area (Å²) < 4.78 is 5.10. The number of aliphatic hydroxyl groups is 1. The largest absolute Gasteiger partial charge is 0.387 e. The molecule has 0 heterocycles. The fourth-order valence-corrected chi connectivity index (χ4v) is 2.35. The molecule has 0 amide bonds. The molecule has 18 heavy (non-hydrogen) atoms. The highest BCUT2D eigenvalue weighted by atomic mass is 16.5. The SMILES string of the molecule is COCCN(C)C(C(C)C)C(O)c1ccccc1. The summed E-state index contributed by atoms with van der Waals surface area (Å²) in [7, 11) is 3.74. The Kier molecular flexibility index (Phi) is 6.33. The van der Waals surface area contributed by atoms with Gasteiger partial charge in [0.1, 0.15) is 0 Å². The van der Waals surface area contributed by atoms with E-state index in [0.29, 0.717) is 12.5 Å². The topological polar surface area (TPSA) is 32.7 Å². The molecule has 3 heteroatoms. The molecule has 1 rings (SSSR count). The minimum absolute atomic E-state index is 0.0996. The Balaban J connectivity index is 2.78. The summed E-state index contributed by atoms with van der Waals surface area (Å²) in [6.45, 7) is 5.78. The van der Waals surface area contributed by atoms with Crippen LogP contribution >= 0.6 is 0 Å². The molecule has 102 valence electrons. The van der Waals surface area contributed by atoms with Crippen molar-refractivity contribution in [2.45, 2.75) is 26.0 Å². The van der Waals surface area contributed by atoms with Gasteiger partial charge in [0.15, 0.2) is 0 Å². The molecule has 1 N–H and O–H groups in total. The lowest BCUT2D eigenvalue weighted by Gasteiger charge is -2.35. The van der Waals surface area contributed by atoms with Crippen LogP contribution in [0, 0.1) is 5.92 Å². The van der Waals surface area contributed by atoms with Crippen LogP contribution in [0.5, 0.6) is 0 Å². The first-order valence-electron chi connectivity index (χ1n) is 6.50. The molecule has 1 aromatic rings. The number of aliphatic hydroxyl groups excluding tert-OH is 1. The summed E-state index contributed by atoms with van der Waals surface area (Å²) in [6, 6.07) is 9.95. The zero-order chi connectivity index (χ0) is 13.5. The maximum atomic E-state index is 10.5. The van der Waals surface area contributed by atoms with Crippen molar-refractivity contribution in [3.8, 4) is 0 Å². The lowest BCUT2D eigenvalue weighted by molar-refractivity contribution is 0.0244. The van der Waals surface area contributed by atoms with Crippen molar-refractivity contribution in [2.75, 3.05) is 27.3 Å². The maximum Gasteiger partial charge on any atom is 0.0947 e. The van der Waals surface area contributed by atoms with Crippen LogP contribution in [0.3, 0.4) is 0 Å². The predicted octanol–water partition coefficient (Wildman–Crippen LogP) is 2.32. The van der Waals surface area contributed by atoms with E-state index in [1.54, 1.807) is 7.11 Å². The molecule has 0 radical (unpaired) electrons. The van der Waals surface area contributed by atoms with Crippen LogP contribution in [-0.2, 0) is 4.74 Å². The number of nitrogens with zero attached hydrogens (tertiary/aromatic N) is 1. The van der Waals surface area contributed by atoms with Crippen LogP contribution in [0.15, 0.2) is 30.3 Å². The Morgan fingerprint density at radius 2 is 1.83 bits per heavy atom. The van der Waals surface area contributed by atoms with Gasteiger partial charge in [0.05, 0.1) is 12.7 Å². The van der Waals surface area contributed by atoms with Crippen LogP contribution in [-0.4, -0.2) is 43.4 Å². The van der Waals surface area contributed by atoms with E-state index in [0.717, 1.165) is 12.1 Å². The van der Waals surface area contributed by atoms with Gasteiger partial charge >= 0.3 is 0 Å². The Morgan fingerprint density at radius 1 is 1.22 bits per heavy atom. The highest BCUT2D eigenvalue weighted by molar-refractivity contribution is 5.19. The van der Waals surface area contributed by atoms with E-state index in [1.807, 2.05) is 37.4 Å². The number of hydrogen-bond donors (Lipinski definition) is 1. The number of likely N-dealkylation sites (N-methyl/N-ethyl adjacent to an activating group) is 1. The Bertz CT molecular complexity index is 327. The number of methoxy groups -OCH3 is 1. The van der Waals surface area contributed by atoms with Gasteiger partial charge in [0.25, 0.3) is 0 Å². The molecule has 0 spiro atoms. The third-order valence-corrected chi connectivity index (χ3v) is 3.30. The highest BCUT2D eigenvalue weighted by Crippen LogP contribution is 2.25. The molecule has 0 bridgehead atoms. The van der Waals surface area contributed by atoms with E-state index >= 15 is 0 Å². The zero-order valence-corrected chi connectivity index (χ0v) is 11.8. The van der Waals surface area contributed by atoms with Gasteiger partial charge in [-0.05, 0) is 18.5 Å². The van der Waals surface area contributed by atoms with Gasteiger partial charge < -0.3 is 9.84 Å². The second kappa shape index (κ2) is 7.52. The Morgan fingerprint density at radius 3 is 2.33 bits per heavy atom. The van der Waals surface area contributed by atoms with Gasteiger partial charge in [-0.3, -0.25) is 4.90 Å². The Labute approximate surface area is 110 Å². The molecule has 0 aliphatic rings. The fourth-order valence-electron chi connectivity index (χ4n) is 2.35. The molecule has 1 aromatic carbocycles. The van der Waals surface area contributed by atoms with Gasteiger partial charge in [0, 0.05) is 19.7 Å². The second-order valence-corrected chi connectivity index (χ2v) is 5.06. The van der Waals surface area contributed by atoms with E-state index in [9.17, 15) is 5.11 Å². The molecule has 0 fully saturated rings. The summed E-state index contributed by atoms with van der Waals surface area (Å²) in [5, 5.41) is 10.5. The monoisotopic (exact) mass is 251 g/mol. The van der Waals surface area contributed by atoms with Crippen molar-refractivity contribution in [1.29, 1.82) is 0 Å². The third kappa shape index (κ3) is 4.09. The van der Waals surface area contributed by atoms with E-state index in [1.165, 1.54) is 0 Å². The summed E-state index contributed by atoms with van der Waals surface area (Å²) in [5.74, 6) is 0.377. The predicted molar refractivity (Wildman–Crippen MR) is 74.5 cm³/mol. The van der Waals surface area contributed by atoms with E-state index in [2.05, 4.69) is 18.7 Å². The van der Waals surface area contributed by atoms with Crippen molar-refractivity contribution >= 4 is 0 Å². The summed E-state index contributed by atoms with van der Waals surface area (Å²) in [6.07, 6.45) is -0.465. The zero-order valence-electron chi connectivity index (χ0n) is 11.8. The average molecular weight is 251 g/mol. The smallest absolute Gasteiger partial charge is 0.0947 e. The van der Waals surface area contributed by atoms with Gasteiger partial charge in [-0.15, -0.1) is 0 Å². The molecule has 0 aliphatic heterocycles. The van der Waals surface area contributed by atoms with Gasteiger partial charge in [-0.2, -0.15) is 0 Å². The van der Waals surface area contributed by atoms with E-state index < -0.39 is 6.10 Å². The summed E-state index contributed by atoms with van der Waals surface area (Å²) in [5.41, 5.74) is 0.973. The van der Waals surface area contributed by atoms with Crippen LogP contribution in [0.25, 0.3) is 0 Å². The molecule has 3 nitrogen and oxygen atoms in total. The van der Waals surface area contributed by atoms with Crippen molar-refractivity contribution < 1.29 is 9.84 Å². The van der Waals surface area contributed by atoms with Crippen molar-refractivity contribution in [3.05, 3.63) is 35.9 Å². The minimum atomic E-state index is -0.465. The highest BCUT2D eigenvalue weighted by Gasteiger charge is 2.27. The number of ether oxygens (including phenoxy) is 1. The fraction of sp³-hybridized carbons (Fsp3) is 0.600. The molecule has 0 aromatic heterocycles. The van der Waals surface area contributed by atoms with Crippen LogP contribution in [0.2, 0.25) is 0 Å². The normalized spacial score (nSPS) is 15.1. The first kappa shape index (κ1) is 15.2. The van der Waals surface area contributed by atoms with Crippen LogP contribution in [0.4, 0.5) is 0 Å². The first-order valence-corrected chi connectivity index (χ1v) is 6.50. The van der Waals surface area contributed by atoms with Crippen LogP contribution in [0.1, 0.15) is 25.5 Å². The van der Waals surface area contributed by atoms with Crippen LogP contribution < -0.4 is 0 Å². The molecule has 0 saturated heterocycles. The Hall–Kier alpha value is -0.900. The molecular weight excluding hydrogens is 226 g/mol. The van der Waals surface area contributed by atoms with Gasteiger partial charge in [-0.25, -0.2) is 0 Å². The van der Waals surface area contributed by atoms with Crippen molar-refractivity contribution in [1.82, 2.24) is 4.90 Å². The maximum absolute atomic E-state index is 10.5. The van der Waals surface area contributed by atoms with E-state index in [-0.39, 0.29) is 6.04 Å². The van der Waals surface area contributed by atoms with Gasteiger partial charge in [0.2, 0.25) is 0 Å². The van der Waals surface area contributed by atoms with Gasteiger partial charge in [-0.1, -0.05) is 44.2 Å². The molecule has 2 unspecified atom stereocenters. The number of hydrogen-bond acceptors (Lipinski definition) is 3. The van der Waals surface area contributed by atoms with Crippen molar-refractivity contribution in [2.24, 2.45) is 5.92 Å². The minimum Gasteiger partial charge on any atom is -0.387 e. The standard InChI is InChI=1S/C15H25NO2/c1-12(2)14(16(3)10-11-18-4)15(17)13-8-6-5-7-9-13/h5-9,12,14-15,17H,10-11H2,1-4H3. The molecule has 0 aliphatic carbocycles. The number of rotatable bonds is 7. The van der Waals surface area contributed by atoms with Crippen molar-refractivity contribution in [3.63, 3.8) is 0 Å². The lowest BCUT2D eigenvalue weighted by Crippen LogP contribution is -2.42. The average Bonchev–Trinajstić information content (AvgIpc) is 2.37. The summed E-state index contributed by atoms with van der Waals surface area (Å²) in [4.78, 5) is 2.17. The first-order chi connectivity index (χ1) is 8.57. The molecule has 2 atom stereocenters.